The van der Waals surface area contributed by atoms with E-state index < -0.39 is 0 Å². The molecule has 0 unspecified atom stereocenters. The lowest BCUT2D eigenvalue weighted by Crippen LogP contribution is -1.97. The summed E-state index contributed by atoms with van der Waals surface area (Å²) in [5, 5.41) is 0. The van der Waals surface area contributed by atoms with Gasteiger partial charge in [0.15, 0.2) is 0 Å². The van der Waals surface area contributed by atoms with Crippen LogP contribution in [-0.4, -0.2) is 16.8 Å². The van der Waals surface area contributed by atoms with E-state index >= 15 is 0 Å². The highest BCUT2D eigenvalue weighted by Gasteiger charge is 1.91. The highest BCUT2D eigenvalue weighted by molar-refractivity contribution is 6.08. The third-order valence-corrected chi connectivity index (χ3v) is 3.26. The Morgan fingerprint density at radius 1 is 0.615 bits per heavy atom. The van der Waals surface area contributed by atoms with Gasteiger partial charge >= 0.3 is 0 Å². The van der Waals surface area contributed by atoms with Gasteiger partial charge in [0.1, 0.15) is 0 Å². The van der Waals surface area contributed by atoms with E-state index in [4.69, 9.17) is 5.73 Å². The third-order valence-electron chi connectivity index (χ3n) is 2.56. The largest absolute Gasteiger partial charge is 0.330 e. The average molecular weight is 201 g/mol. The predicted octanol–water partition coefficient (Wildman–Crippen LogP) is 2.24. The average Bonchev–Trinajstić information content (AvgIpc) is 2.16. The van der Waals surface area contributed by atoms with Gasteiger partial charge in [0, 0.05) is 10.2 Å². The summed E-state index contributed by atoms with van der Waals surface area (Å²) in [6.45, 7) is 0.875. The van der Waals surface area contributed by atoms with Crippen LogP contribution < -0.4 is 5.73 Å². The first-order valence-corrected chi connectivity index (χ1v) is 7.53. The minimum absolute atomic E-state index is 0.875. The van der Waals surface area contributed by atoms with E-state index in [9.17, 15) is 0 Å². The van der Waals surface area contributed by atoms with Gasteiger partial charge in [0.25, 0.3) is 0 Å². The summed E-state index contributed by atoms with van der Waals surface area (Å²) in [5.74, 6) is 0. The molecule has 0 aromatic rings. The van der Waals surface area contributed by atoms with E-state index in [1.807, 2.05) is 0 Å². The Bertz CT molecular complexity index is 76.2. The molecule has 0 aromatic carbocycles. The lowest BCUT2D eigenvalue weighted by Gasteiger charge is -2.00. The predicted molar refractivity (Wildman–Crippen MR) is 65.4 cm³/mol. The summed E-state index contributed by atoms with van der Waals surface area (Å²) in [5.41, 5.74) is 5.43. The highest BCUT2D eigenvalue weighted by atomic mass is 28.1. The molecule has 0 amide bonds. The molecule has 0 atom stereocenters. The van der Waals surface area contributed by atoms with Crippen LogP contribution in [0, 0.1) is 0 Å². The van der Waals surface area contributed by atoms with E-state index in [0.29, 0.717) is 0 Å². The number of nitrogens with two attached hydrogens (primary N) is 1. The lowest BCUT2D eigenvalue weighted by atomic mass is 10.1. The van der Waals surface area contributed by atoms with Crippen LogP contribution in [0.25, 0.3) is 0 Å². The normalized spacial score (nSPS) is 10.8. The van der Waals surface area contributed by atoms with Crippen LogP contribution in [0.4, 0.5) is 0 Å². The Balaban J connectivity index is 2.76. The smallest absolute Gasteiger partial charge is 0.00279 e. The van der Waals surface area contributed by atoms with Crippen molar-refractivity contribution in [2.45, 2.75) is 63.8 Å². The van der Waals surface area contributed by atoms with E-state index in [2.05, 4.69) is 0 Å². The Hall–Kier alpha value is 0.177. The monoisotopic (exact) mass is 201 g/mol. The van der Waals surface area contributed by atoms with Crippen molar-refractivity contribution in [3.05, 3.63) is 0 Å². The highest BCUT2D eigenvalue weighted by Crippen LogP contribution is 2.09. The molecule has 0 radical (unpaired) electrons. The van der Waals surface area contributed by atoms with Crippen LogP contribution >= 0.6 is 0 Å². The van der Waals surface area contributed by atoms with Gasteiger partial charge in [-0.25, -0.2) is 0 Å². The molecule has 1 nitrogen and oxygen atoms in total. The quantitative estimate of drug-likeness (QED) is 0.426. The maximum atomic E-state index is 5.43. The van der Waals surface area contributed by atoms with Crippen molar-refractivity contribution >= 4 is 10.2 Å². The first-order valence-electron chi connectivity index (χ1n) is 6.12. The third kappa shape index (κ3) is 12.2. The van der Waals surface area contributed by atoms with Gasteiger partial charge in [-0.05, 0) is 13.0 Å². The second-order valence-corrected chi connectivity index (χ2v) is 4.97. The molecule has 0 aliphatic rings. The van der Waals surface area contributed by atoms with Crippen LogP contribution in [0.1, 0.15) is 57.8 Å². The van der Waals surface area contributed by atoms with E-state index in [-0.39, 0.29) is 0 Å². The number of rotatable bonds is 10. The molecule has 2 N–H and O–H groups in total. The van der Waals surface area contributed by atoms with Crippen molar-refractivity contribution < 1.29 is 0 Å². The fourth-order valence-corrected chi connectivity index (χ4v) is 2.13. The van der Waals surface area contributed by atoms with Gasteiger partial charge in [0.2, 0.25) is 0 Å². The molecular formula is C11H27NSi. The zero-order valence-corrected chi connectivity index (χ0v) is 11.4. The topological polar surface area (TPSA) is 26.0 Å². The molecule has 0 rings (SSSR count). The first-order chi connectivity index (χ1) is 6.41. The van der Waals surface area contributed by atoms with E-state index in [1.54, 1.807) is 0 Å². The second kappa shape index (κ2) is 12.2. The van der Waals surface area contributed by atoms with Crippen LogP contribution in [-0.2, 0) is 0 Å². The minimum atomic E-state index is 0.875. The van der Waals surface area contributed by atoms with Crippen LogP contribution in [0.5, 0.6) is 0 Å². The maximum Gasteiger partial charge on any atom is 0.00279 e. The molecule has 0 aliphatic carbocycles. The zero-order chi connectivity index (χ0) is 9.78. The number of hydrogen-bond donors (Lipinski definition) is 1. The Labute approximate surface area is 86.9 Å². The lowest BCUT2D eigenvalue weighted by molar-refractivity contribution is 0.567. The molecule has 0 aromatic heterocycles. The summed E-state index contributed by atoms with van der Waals surface area (Å²) < 4.78 is 0. The van der Waals surface area contributed by atoms with Crippen LogP contribution in [0.2, 0.25) is 6.04 Å². The first kappa shape index (κ1) is 13.2. The van der Waals surface area contributed by atoms with E-state index in [1.165, 1.54) is 74.1 Å². The van der Waals surface area contributed by atoms with Crippen molar-refractivity contribution in [3.63, 3.8) is 0 Å². The molecule has 0 saturated carbocycles. The van der Waals surface area contributed by atoms with Gasteiger partial charge in [0.05, 0.1) is 0 Å². The van der Waals surface area contributed by atoms with Crippen molar-refractivity contribution in [1.82, 2.24) is 0 Å². The van der Waals surface area contributed by atoms with Crippen molar-refractivity contribution in [3.8, 4) is 0 Å². The molecule has 0 aliphatic heterocycles. The molecule has 2 heteroatoms. The van der Waals surface area contributed by atoms with Crippen LogP contribution in [0.15, 0.2) is 0 Å². The molecule has 0 heterocycles. The van der Waals surface area contributed by atoms with Crippen LogP contribution in [0.3, 0.4) is 0 Å². The van der Waals surface area contributed by atoms with E-state index in [0.717, 1.165) is 6.54 Å². The molecule has 80 valence electrons. The summed E-state index contributed by atoms with van der Waals surface area (Å²) in [6, 6.07) is 1.50. The van der Waals surface area contributed by atoms with Gasteiger partial charge in [-0.1, -0.05) is 57.4 Å². The second-order valence-electron chi connectivity index (χ2n) is 3.97. The summed E-state index contributed by atoms with van der Waals surface area (Å²) in [6.07, 6.45) is 12.7. The Morgan fingerprint density at radius 3 is 1.38 bits per heavy atom. The maximum absolute atomic E-state index is 5.43. The SMILES string of the molecule is NCCCCCCCCCCC[SiH3]. The standard InChI is InChI=1S/C11H27NSi/c12-10-8-6-4-2-1-3-5-7-9-11-13/h1-12H2,13H3. The van der Waals surface area contributed by atoms with Crippen molar-refractivity contribution in [2.75, 3.05) is 6.54 Å². The van der Waals surface area contributed by atoms with Crippen molar-refractivity contribution in [1.29, 1.82) is 0 Å². The van der Waals surface area contributed by atoms with Gasteiger partial charge < -0.3 is 5.73 Å². The Morgan fingerprint density at radius 2 is 1.00 bits per heavy atom. The molecular weight excluding hydrogens is 174 g/mol. The summed E-state index contributed by atoms with van der Waals surface area (Å²) in [4.78, 5) is 0. The fraction of sp³-hybridized carbons (Fsp3) is 1.00. The van der Waals surface area contributed by atoms with Gasteiger partial charge in [-0.2, -0.15) is 0 Å². The fourth-order valence-electron chi connectivity index (χ4n) is 1.63. The molecule has 0 fully saturated rings. The number of hydrogen-bond acceptors (Lipinski definition) is 1. The van der Waals surface area contributed by atoms with Gasteiger partial charge in [-0.3, -0.25) is 0 Å². The molecule has 0 bridgehead atoms. The molecule has 0 spiro atoms. The van der Waals surface area contributed by atoms with Gasteiger partial charge in [-0.15, -0.1) is 0 Å². The zero-order valence-electron chi connectivity index (χ0n) is 9.36. The Kier molecular flexibility index (Phi) is 12.3. The molecule has 13 heavy (non-hydrogen) atoms. The van der Waals surface area contributed by atoms with Crippen molar-refractivity contribution in [2.24, 2.45) is 5.73 Å². The molecule has 0 saturated heterocycles. The summed E-state index contributed by atoms with van der Waals surface area (Å²) >= 11 is 0. The minimum Gasteiger partial charge on any atom is -0.330 e. The number of unbranched alkanes of at least 4 members (excludes halogenated alkanes) is 8. The summed E-state index contributed by atoms with van der Waals surface area (Å²) in [7, 11) is 1.40.